The highest BCUT2D eigenvalue weighted by Gasteiger charge is 2.20. The van der Waals surface area contributed by atoms with Crippen molar-refractivity contribution in [1.82, 2.24) is 15.2 Å². The van der Waals surface area contributed by atoms with Gasteiger partial charge in [0, 0.05) is 38.1 Å². The number of halogens is 1. The van der Waals surface area contributed by atoms with Gasteiger partial charge in [0.25, 0.3) is 0 Å². The lowest BCUT2D eigenvalue weighted by atomic mass is 10.0. The standard InChI is InChI=1S/C15H23BrN4O/c1-2-6-18-15(21)11-20-8-4-12(5-9-20)19-14-3-7-17-10-13(14)16/h3,7,10,12H,2,4-6,8-9,11H2,1H3,(H,17,19)(H,18,21). The van der Waals surface area contributed by atoms with Crippen molar-refractivity contribution in [1.29, 1.82) is 0 Å². The molecular weight excluding hydrogens is 332 g/mol. The van der Waals surface area contributed by atoms with E-state index in [4.69, 9.17) is 0 Å². The zero-order valence-corrected chi connectivity index (χ0v) is 14.0. The van der Waals surface area contributed by atoms with Crippen LogP contribution in [0.15, 0.2) is 22.9 Å². The third-order valence-electron chi connectivity index (χ3n) is 3.66. The molecule has 1 aliphatic rings. The monoisotopic (exact) mass is 354 g/mol. The van der Waals surface area contributed by atoms with E-state index in [0.29, 0.717) is 12.6 Å². The molecule has 5 nitrogen and oxygen atoms in total. The fourth-order valence-electron chi connectivity index (χ4n) is 2.47. The van der Waals surface area contributed by atoms with Crippen molar-refractivity contribution in [3.05, 3.63) is 22.9 Å². The molecule has 1 aromatic heterocycles. The van der Waals surface area contributed by atoms with Gasteiger partial charge in [-0.3, -0.25) is 14.7 Å². The highest BCUT2D eigenvalue weighted by Crippen LogP contribution is 2.23. The summed E-state index contributed by atoms with van der Waals surface area (Å²) in [6.07, 6.45) is 6.68. The number of carbonyl (C=O) groups is 1. The first-order valence-electron chi connectivity index (χ1n) is 7.54. The quantitative estimate of drug-likeness (QED) is 0.822. The number of nitrogens with one attached hydrogen (secondary N) is 2. The van der Waals surface area contributed by atoms with Gasteiger partial charge in [-0.05, 0) is 41.3 Å². The Morgan fingerprint density at radius 1 is 1.48 bits per heavy atom. The van der Waals surface area contributed by atoms with Crippen molar-refractivity contribution in [2.24, 2.45) is 0 Å². The molecule has 2 N–H and O–H groups in total. The van der Waals surface area contributed by atoms with E-state index in [1.54, 1.807) is 12.4 Å². The van der Waals surface area contributed by atoms with Crippen molar-refractivity contribution in [3.8, 4) is 0 Å². The van der Waals surface area contributed by atoms with E-state index in [9.17, 15) is 4.79 Å². The predicted molar refractivity (Wildman–Crippen MR) is 88.3 cm³/mol. The van der Waals surface area contributed by atoms with Crippen LogP contribution in [0.4, 0.5) is 5.69 Å². The summed E-state index contributed by atoms with van der Waals surface area (Å²) in [6.45, 7) is 5.27. The molecule has 0 aliphatic carbocycles. The second kappa shape index (κ2) is 8.34. The van der Waals surface area contributed by atoms with E-state index < -0.39 is 0 Å². The van der Waals surface area contributed by atoms with Crippen LogP contribution in [0.1, 0.15) is 26.2 Å². The first-order valence-corrected chi connectivity index (χ1v) is 8.33. The van der Waals surface area contributed by atoms with Gasteiger partial charge in [0.1, 0.15) is 0 Å². The lowest BCUT2D eigenvalue weighted by molar-refractivity contribution is -0.122. The summed E-state index contributed by atoms with van der Waals surface area (Å²) < 4.78 is 0.992. The summed E-state index contributed by atoms with van der Waals surface area (Å²) in [5.74, 6) is 0.139. The number of aromatic nitrogens is 1. The Morgan fingerprint density at radius 2 is 2.24 bits per heavy atom. The third kappa shape index (κ3) is 5.28. The van der Waals surface area contributed by atoms with Crippen molar-refractivity contribution in [3.63, 3.8) is 0 Å². The first kappa shape index (κ1) is 16.2. The highest BCUT2D eigenvalue weighted by atomic mass is 79.9. The first-order chi connectivity index (χ1) is 10.2. The molecule has 1 saturated heterocycles. The molecule has 2 heterocycles. The van der Waals surface area contributed by atoms with Gasteiger partial charge in [0.2, 0.25) is 5.91 Å². The largest absolute Gasteiger partial charge is 0.381 e. The van der Waals surface area contributed by atoms with E-state index in [2.05, 4.69) is 43.4 Å². The number of piperidine rings is 1. The van der Waals surface area contributed by atoms with Gasteiger partial charge in [0.15, 0.2) is 0 Å². The average Bonchev–Trinajstić information content (AvgIpc) is 2.49. The molecular formula is C15H23BrN4O. The number of likely N-dealkylation sites (tertiary alicyclic amines) is 1. The fourth-order valence-corrected chi connectivity index (χ4v) is 2.84. The molecule has 1 aromatic rings. The van der Waals surface area contributed by atoms with Crippen molar-refractivity contribution < 1.29 is 4.79 Å². The number of rotatable bonds is 6. The smallest absolute Gasteiger partial charge is 0.234 e. The lowest BCUT2D eigenvalue weighted by Crippen LogP contribution is -2.44. The topological polar surface area (TPSA) is 57.3 Å². The Morgan fingerprint density at radius 3 is 2.90 bits per heavy atom. The Balaban J connectivity index is 1.73. The van der Waals surface area contributed by atoms with E-state index in [1.807, 2.05) is 6.07 Å². The molecule has 2 rings (SSSR count). The van der Waals surface area contributed by atoms with Crippen LogP contribution in [0.25, 0.3) is 0 Å². The Labute approximate surface area is 134 Å². The summed E-state index contributed by atoms with van der Waals surface area (Å²) in [7, 11) is 0. The minimum atomic E-state index is 0.139. The highest BCUT2D eigenvalue weighted by molar-refractivity contribution is 9.10. The number of hydrogen-bond donors (Lipinski definition) is 2. The van der Waals surface area contributed by atoms with Crippen LogP contribution in [0.5, 0.6) is 0 Å². The number of pyridine rings is 1. The molecule has 0 unspecified atom stereocenters. The SMILES string of the molecule is CCCNC(=O)CN1CCC(Nc2ccncc2Br)CC1. The maximum Gasteiger partial charge on any atom is 0.234 e. The van der Waals surface area contributed by atoms with Gasteiger partial charge in [-0.1, -0.05) is 6.92 Å². The van der Waals surface area contributed by atoms with Crippen LogP contribution < -0.4 is 10.6 Å². The summed E-state index contributed by atoms with van der Waals surface area (Å²) in [5.41, 5.74) is 1.09. The van der Waals surface area contributed by atoms with Gasteiger partial charge in [-0.15, -0.1) is 0 Å². The Hall–Kier alpha value is -1.14. The molecule has 116 valence electrons. The van der Waals surface area contributed by atoms with E-state index in [0.717, 1.165) is 49.1 Å². The average molecular weight is 355 g/mol. The molecule has 1 fully saturated rings. The zero-order valence-electron chi connectivity index (χ0n) is 12.4. The molecule has 0 saturated carbocycles. The predicted octanol–water partition coefficient (Wildman–Crippen LogP) is 2.25. The van der Waals surface area contributed by atoms with Gasteiger partial charge < -0.3 is 10.6 Å². The lowest BCUT2D eigenvalue weighted by Gasteiger charge is -2.32. The van der Waals surface area contributed by atoms with Crippen molar-refractivity contribution in [2.75, 3.05) is 31.5 Å². The molecule has 1 aliphatic heterocycles. The molecule has 21 heavy (non-hydrogen) atoms. The number of anilines is 1. The fraction of sp³-hybridized carbons (Fsp3) is 0.600. The molecule has 0 spiro atoms. The number of carbonyl (C=O) groups excluding carboxylic acids is 1. The number of nitrogens with zero attached hydrogens (tertiary/aromatic N) is 2. The van der Waals surface area contributed by atoms with Gasteiger partial charge in [-0.2, -0.15) is 0 Å². The Bertz CT molecular complexity index is 461. The number of amides is 1. The van der Waals surface area contributed by atoms with Crippen molar-refractivity contribution in [2.45, 2.75) is 32.2 Å². The third-order valence-corrected chi connectivity index (χ3v) is 4.29. The van der Waals surface area contributed by atoms with Crippen LogP contribution in [0.2, 0.25) is 0 Å². The molecule has 0 atom stereocenters. The minimum absolute atomic E-state index is 0.139. The summed E-state index contributed by atoms with van der Waals surface area (Å²) in [6, 6.07) is 2.44. The second-order valence-corrected chi connectivity index (χ2v) is 6.25. The van der Waals surface area contributed by atoms with Crippen LogP contribution in [0, 0.1) is 0 Å². The van der Waals surface area contributed by atoms with Gasteiger partial charge in [-0.25, -0.2) is 0 Å². The van der Waals surface area contributed by atoms with Crippen LogP contribution in [0.3, 0.4) is 0 Å². The molecule has 0 bridgehead atoms. The van der Waals surface area contributed by atoms with Crippen molar-refractivity contribution >= 4 is 27.5 Å². The van der Waals surface area contributed by atoms with E-state index in [-0.39, 0.29) is 5.91 Å². The number of hydrogen-bond acceptors (Lipinski definition) is 4. The van der Waals surface area contributed by atoms with Crippen LogP contribution in [-0.4, -0.2) is 48.0 Å². The molecule has 6 heteroatoms. The summed E-state index contributed by atoms with van der Waals surface area (Å²) in [5, 5.41) is 6.47. The summed E-state index contributed by atoms with van der Waals surface area (Å²) >= 11 is 3.50. The molecule has 0 aromatic carbocycles. The zero-order chi connectivity index (χ0) is 15.1. The molecule has 1 amide bonds. The van der Waals surface area contributed by atoms with E-state index in [1.165, 1.54) is 0 Å². The summed E-state index contributed by atoms with van der Waals surface area (Å²) in [4.78, 5) is 18.0. The van der Waals surface area contributed by atoms with Crippen LogP contribution >= 0.6 is 15.9 Å². The van der Waals surface area contributed by atoms with Crippen LogP contribution in [-0.2, 0) is 4.79 Å². The van der Waals surface area contributed by atoms with Gasteiger partial charge >= 0.3 is 0 Å². The minimum Gasteiger partial charge on any atom is -0.381 e. The second-order valence-electron chi connectivity index (χ2n) is 5.40. The normalized spacial score (nSPS) is 16.7. The van der Waals surface area contributed by atoms with E-state index >= 15 is 0 Å². The molecule has 0 radical (unpaired) electrons. The maximum absolute atomic E-state index is 11.7. The maximum atomic E-state index is 11.7. The van der Waals surface area contributed by atoms with Gasteiger partial charge in [0.05, 0.1) is 16.7 Å². The Kier molecular flexibility index (Phi) is 6.45.